The summed E-state index contributed by atoms with van der Waals surface area (Å²) in [4.78, 5) is 7.10. The molecule has 0 amide bonds. The standard InChI is InChI=1S/C10H17N3O/c11-9-12-10(7-14-9)4-6-13-5-2-1-3-8(10)13/h8H,1-7H2,(H2,11,12). The molecule has 4 heteroatoms. The molecule has 0 aromatic carbocycles. The molecule has 0 bridgehead atoms. The van der Waals surface area contributed by atoms with Crippen LogP contribution in [-0.2, 0) is 4.74 Å². The molecule has 14 heavy (non-hydrogen) atoms. The minimum atomic E-state index is 0.0184. The zero-order valence-electron chi connectivity index (χ0n) is 8.41. The Morgan fingerprint density at radius 2 is 2.36 bits per heavy atom. The maximum absolute atomic E-state index is 5.62. The van der Waals surface area contributed by atoms with Crippen LogP contribution < -0.4 is 5.73 Å². The minimum absolute atomic E-state index is 0.0184. The van der Waals surface area contributed by atoms with Crippen LogP contribution >= 0.6 is 0 Å². The number of hydrogen-bond acceptors (Lipinski definition) is 4. The van der Waals surface area contributed by atoms with E-state index < -0.39 is 0 Å². The molecular weight excluding hydrogens is 178 g/mol. The monoisotopic (exact) mass is 195 g/mol. The van der Waals surface area contributed by atoms with Crippen LogP contribution in [0.3, 0.4) is 0 Å². The third kappa shape index (κ3) is 1.06. The van der Waals surface area contributed by atoms with E-state index in [4.69, 9.17) is 10.5 Å². The van der Waals surface area contributed by atoms with Crippen molar-refractivity contribution < 1.29 is 4.74 Å². The van der Waals surface area contributed by atoms with Gasteiger partial charge in [-0.25, -0.2) is 4.99 Å². The van der Waals surface area contributed by atoms with E-state index in [0.717, 1.165) is 6.42 Å². The van der Waals surface area contributed by atoms with Gasteiger partial charge in [-0.3, -0.25) is 4.90 Å². The van der Waals surface area contributed by atoms with Crippen LogP contribution in [0.25, 0.3) is 0 Å². The fourth-order valence-corrected chi connectivity index (χ4v) is 3.15. The van der Waals surface area contributed by atoms with Gasteiger partial charge < -0.3 is 10.5 Å². The summed E-state index contributed by atoms with van der Waals surface area (Å²) in [6, 6.07) is 0.995. The maximum atomic E-state index is 5.62. The molecule has 0 aromatic heterocycles. The SMILES string of the molecule is NC1=NC2(CCN3CCCCC32)CO1. The van der Waals surface area contributed by atoms with Gasteiger partial charge in [-0.05, 0) is 25.8 Å². The zero-order chi connectivity index (χ0) is 9.60. The Labute approximate surface area is 84.1 Å². The van der Waals surface area contributed by atoms with Gasteiger partial charge >= 0.3 is 0 Å². The Hall–Kier alpha value is -0.770. The Balaban J connectivity index is 1.87. The second kappa shape index (κ2) is 2.86. The molecule has 0 saturated carbocycles. The smallest absolute Gasteiger partial charge is 0.282 e. The van der Waals surface area contributed by atoms with Crippen LogP contribution in [0.2, 0.25) is 0 Å². The normalized spacial score (nSPS) is 42.3. The van der Waals surface area contributed by atoms with Crippen LogP contribution in [-0.4, -0.2) is 42.2 Å². The van der Waals surface area contributed by atoms with E-state index in [1.54, 1.807) is 0 Å². The van der Waals surface area contributed by atoms with Gasteiger partial charge in [0.25, 0.3) is 6.02 Å². The fraction of sp³-hybridized carbons (Fsp3) is 0.900. The first-order valence-electron chi connectivity index (χ1n) is 5.52. The zero-order valence-corrected chi connectivity index (χ0v) is 8.41. The second-order valence-electron chi connectivity index (χ2n) is 4.64. The number of piperidine rings is 1. The van der Waals surface area contributed by atoms with Crippen molar-refractivity contribution in [2.45, 2.75) is 37.3 Å². The maximum Gasteiger partial charge on any atom is 0.282 e. The van der Waals surface area contributed by atoms with E-state index >= 15 is 0 Å². The lowest BCUT2D eigenvalue weighted by atomic mass is 9.87. The number of aliphatic imine (C=N–C) groups is 1. The summed E-state index contributed by atoms with van der Waals surface area (Å²) in [5, 5.41) is 0. The van der Waals surface area contributed by atoms with Crippen LogP contribution in [0.15, 0.2) is 4.99 Å². The van der Waals surface area contributed by atoms with E-state index in [1.165, 1.54) is 32.4 Å². The third-order valence-corrected chi connectivity index (χ3v) is 3.87. The molecule has 3 rings (SSSR count). The van der Waals surface area contributed by atoms with Crippen molar-refractivity contribution in [3.8, 4) is 0 Å². The van der Waals surface area contributed by atoms with Gasteiger partial charge in [-0.2, -0.15) is 0 Å². The molecule has 2 unspecified atom stereocenters. The largest absolute Gasteiger partial charge is 0.463 e. The number of hydrogen-bond donors (Lipinski definition) is 1. The van der Waals surface area contributed by atoms with Gasteiger partial charge in [-0.15, -0.1) is 0 Å². The lowest BCUT2D eigenvalue weighted by Crippen LogP contribution is -2.46. The van der Waals surface area contributed by atoms with Crippen LogP contribution in [0.5, 0.6) is 0 Å². The predicted molar refractivity (Wildman–Crippen MR) is 54.1 cm³/mol. The van der Waals surface area contributed by atoms with Crippen molar-refractivity contribution in [2.75, 3.05) is 19.7 Å². The molecule has 2 N–H and O–H groups in total. The van der Waals surface area contributed by atoms with Crippen molar-refractivity contribution >= 4 is 6.02 Å². The lowest BCUT2D eigenvalue weighted by Gasteiger charge is -2.35. The van der Waals surface area contributed by atoms with Gasteiger partial charge in [0.2, 0.25) is 0 Å². The van der Waals surface area contributed by atoms with Crippen molar-refractivity contribution in [1.82, 2.24) is 4.90 Å². The molecule has 3 aliphatic rings. The summed E-state index contributed by atoms with van der Waals surface area (Å²) in [5.41, 5.74) is 5.64. The van der Waals surface area contributed by atoms with E-state index in [2.05, 4.69) is 9.89 Å². The Morgan fingerprint density at radius 3 is 3.14 bits per heavy atom. The van der Waals surface area contributed by atoms with Crippen molar-refractivity contribution in [3.05, 3.63) is 0 Å². The molecule has 3 heterocycles. The summed E-state index contributed by atoms with van der Waals surface area (Å²) < 4.78 is 5.34. The molecule has 3 aliphatic heterocycles. The molecule has 0 aliphatic carbocycles. The molecule has 2 fully saturated rings. The van der Waals surface area contributed by atoms with E-state index in [0.29, 0.717) is 18.7 Å². The number of rotatable bonds is 0. The van der Waals surface area contributed by atoms with E-state index in [1.807, 2.05) is 0 Å². The summed E-state index contributed by atoms with van der Waals surface area (Å²) in [5.74, 6) is 0. The summed E-state index contributed by atoms with van der Waals surface area (Å²) in [7, 11) is 0. The van der Waals surface area contributed by atoms with Crippen molar-refractivity contribution in [1.29, 1.82) is 0 Å². The Kier molecular flexibility index (Phi) is 1.74. The number of nitrogens with zero attached hydrogens (tertiary/aromatic N) is 2. The fourth-order valence-electron chi connectivity index (χ4n) is 3.15. The average Bonchev–Trinajstić information content (AvgIpc) is 2.75. The van der Waals surface area contributed by atoms with E-state index in [9.17, 15) is 0 Å². The first-order valence-corrected chi connectivity index (χ1v) is 5.52. The number of fused-ring (bicyclic) bond motifs is 2. The number of amidine groups is 1. The molecule has 0 aromatic rings. The van der Waals surface area contributed by atoms with Crippen molar-refractivity contribution in [3.63, 3.8) is 0 Å². The Bertz CT molecular complexity index is 279. The first-order chi connectivity index (χ1) is 6.80. The minimum Gasteiger partial charge on any atom is -0.463 e. The first kappa shape index (κ1) is 8.53. The van der Waals surface area contributed by atoms with Gasteiger partial charge in [0.1, 0.15) is 12.1 Å². The van der Waals surface area contributed by atoms with Crippen LogP contribution in [0.4, 0.5) is 0 Å². The molecule has 2 atom stereocenters. The molecule has 0 radical (unpaired) electrons. The highest BCUT2D eigenvalue weighted by molar-refractivity contribution is 5.74. The summed E-state index contributed by atoms with van der Waals surface area (Å²) >= 11 is 0. The summed E-state index contributed by atoms with van der Waals surface area (Å²) in [6.07, 6.45) is 5.06. The number of ether oxygens (including phenoxy) is 1. The molecule has 78 valence electrons. The molecule has 2 saturated heterocycles. The summed E-state index contributed by atoms with van der Waals surface area (Å²) in [6.45, 7) is 3.12. The average molecular weight is 195 g/mol. The highest BCUT2D eigenvalue weighted by atomic mass is 16.5. The highest BCUT2D eigenvalue weighted by Gasteiger charge is 2.51. The van der Waals surface area contributed by atoms with Crippen LogP contribution in [0, 0.1) is 0 Å². The van der Waals surface area contributed by atoms with Gasteiger partial charge in [0, 0.05) is 12.6 Å². The van der Waals surface area contributed by atoms with E-state index in [-0.39, 0.29) is 5.54 Å². The highest BCUT2D eigenvalue weighted by Crippen LogP contribution is 2.39. The van der Waals surface area contributed by atoms with Gasteiger partial charge in [0.15, 0.2) is 0 Å². The lowest BCUT2D eigenvalue weighted by molar-refractivity contribution is 0.137. The van der Waals surface area contributed by atoms with Crippen molar-refractivity contribution in [2.24, 2.45) is 10.7 Å². The van der Waals surface area contributed by atoms with Gasteiger partial charge in [0.05, 0.1) is 0 Å². The third-order valence-electron chi connectivity index (χ3n) is 3.87. The molecular formula is C10H17N3O. The molecule has 1 spiro atoms. The predicted octanol–water partition coefficient (Wildman–Crippen LogP) is 0.328. The van der Waals surface area contributed by atoms with Gasteiger partial charge in [-0.1, -0.05) is 6.42 Å². The topological polar surface area (TPSA) is 50.8 Å². The number of nitrogens with two attached hydrogens (primary N) is 1. The quantitative estimate of drug-likeness (QED) is 0.606. The second-order valence-corrected chi connectivity index (χ2v) is 4.64. The molecule has 4 nitrogen and oxygen atoms in total. The Morgan fingerprint density at radius 1 is 1.43 bits per heavy atom. The van der Waals surface area contributed by atoms with Crippen LogP contribution in [0.1, 0.15) is 25.7 Å².